The predicted octanol–water partition coefficient (Wildman–Crippen LogP) is 4.33. The van der Waals surface area contributed by atoms with Crippen molar-refractivity contribution >= 4 is 41.3 Å². The van der Waals surface area contributed by atoms with Crippen molar-refractivity contribution in [2.24, 2.45) is 11.8 Å². The van der Waals surface area contributed by atoms with Crippen LogP contribution < -0.4 is 16.0 Å². The first-order valence-electron chi connectivity index (χ1n) is 15.9. The molecule has 2 heterocycles. The van der Waals surface area contributed by atoms with Crippen molar-refractivity contribution < 1.29 is 33.4 Å². The van der Waals surface area contributed by atoms with Crippen LogP contribution in [0.2, 0.25) is 0 Å². The zero-order valence-corrected chi connectivity index (χ0v) is 27.2. The van der Waals surface area contributed by atoms with Crippen LogP contribution in [0.3, 0.4) is 0 Å². The minimum Gasteiger partial charge on any atom is -0.464 e. The molecule has 4 atom stereocenters. The van der Waals surface area contributed by atoms with Crippen LogP contribution in [0.15, 0.2) is 48.5 Å². The van der Waals surface area contributed by atoms with Crippen LogP contribution in [0.4, 0.5) is 21.0 Å². The summed E-state index contributed by atoms with van der Waals surface area (Å²) in [6.45, 7) is 10.3. The number of ether oxygens (including phenoxy) is 2. The summed E-state index contributed by atoms with van der Waals surface area (Å²) in [6.07, 6.45) is 0.310. The van der Waals surface area contributed by atoms with Crippen molar-refractivity contribution in [3.63, 3.8) is 0 Å². The summed E-state index contributed by atoms with van der Waals surface area (Å²) in [5, 5.41) is 8.51. The number of urea groups is 1. The van der Waals surface area contributed by atoms with Crippen molar-refractivity contribution in [2.45, 2.75) is 72.0 Å². The third-order valence-electron chi connectivity index (χ3n) is 8.27. The molecule has 0 bridgehead atoms. The molecular weight excluding hydrogens is 590 g/mol. The SMILES string of the molecule is CCOC(=O)C1CC2CN(C(=O)OCC)CC2N1C(=O)[C@H](CC(C)C)NC(=O)Cc1ccc(NC(=O)Nc2ccccc2C)cc1. The molecule has 46 heavy (non-hydrogen) atoms. The molecule has 2 fully saturated rings. The number of amides is 5. The van der Waals surface area contributed by atoms with Crippen LogP contribution in [-0.2, 0) is 30.3 Å². The number of anilines is 2. The lowest BCUT2D eigenvalue weighted by molar-refractivity contribution is -0.155. The van der Waals surface area contributed by atoms with E-state index in [4.69, 9.17) is 9.47 Å². The summed E-state index contributed by atoms with van der Waals surface area (Å²) in [7, 11) is 0. The maximum absolute atomic E-state index is 14.2. The summed E-state index contributed by atoms with van der Waals surface area (Å²) in [6, 6.07) is 11.9. The monoisotopic (exact) mass is 635 g/mol. The Morgan fingerprint density at radius 2 is 1.61 bits per heavy atom. The van der Waals surface area contributed by atoms with E-state index in [0.29, 0.717) is 36.3 Å². The number of rotatable bonds is 11. The highest BCUT2D eigenvalue weighted by Gasteiger charge is 2.53. The van der Waals surface area contributed by atoms with Gasteiger partial charge in [0, 0.05) is 30.4 Å². The fourth-order valence-corrected chi connectivity index (χ4v) is 6.17. The fourth-order valence-electron chi connectivity index (χ4n) is 6.17. The topological polar surface area (TPSA) is 146 Å². The minimum atomic E-state index is -0.870. The van der Waals surface area contributed by atoms with Gasteiger partial charge in [0.1, 0.15) is 12.1 Å². The summed E-state index contributed by atoms with van der Waals surface area (Å²) >= 11 is 0. The molecule has 2 aliphatic rings. The minimum absolute atomic E-state index is 0.0154. The Kier molecular flexibility index (Phi) is 11.6. The van der Waals surface area contributed by atoms with Crippen molar-refractivity contribution in [1.82, 2.24) is 15.1 Å². The Bertz CT molecular complexity index is 1410. The number of fused-ring (bicyclic) bond motifs is 1. The number of benzene rings is 2. The van der Waals surface area contributed by atoms with E-state index in [1.165, 1.54) is 4.90 Å². The van der Waals surface area contributed by atoms with Gasteiger partial charge in [-0.25, -0.2) is 14.4 Å². The van der Waals surface area contributed by atoms with E-state index in [0.717, 1.165) is 5.56 Å². The van der Waals surface area contributed by atoms with Crippen molar-refractivity contribution in [2.75, 3.05) is 36.9 Å². The number of aryl methyl sites for hydroxylation is 1. The maximum atomic E-state index is 14.2. The van der Waals surface area contributed by atoms with Gasteiger partial charge in [-0.2, -0.15) is 0 Å². The van der Waals surface area contributed by atoms with E-state index < -0.39 is 24.1 Å². The molecule has 12 nitrogen and oxygen atoms in total. The largest absolute Gasteiger partial charge is 0.464 e. The van der Waals surface area contributed by atoms with E-state index in [-0.39, 0.29) is 61.9 Å². The van der Waals surface area contributed by atoms with Crippen LogP contribution >= 0.6 is 0 Å². The van der Waals surface area contributed by atoms with Crippen molar-refractivity contribution in [3.8, 4) is 0 Å². The highest BCUT2D eigenvalue weighted by atomic mass is 16.6. The third kappa shape index (κ3) is 8.55. The van der Waals surface area contributed by atoms with Gasteiger partial charge in [0.15, 0.2) is 0 Å². The molecule has 248 valence electrons. The lowest BCUT2D eigenvalue weighted by Crippen LogP contribution is -2.56. The van der Waals surface area contributed by atoms with E-state index in [1.54, 1.807) is 43.0 Å². The number of likely N-dealkylation sites (tertiary alicyclic amines) is 2. The molecule has 2 aliphatic heterocycles. The number of nitrogens with one attached hydrogen (secondary N) is 3. The second-order valence-corrected chi connectivity index (χ2v) is 12.2. The molecule has 0 spiro atoms. The van der Waals surface area contributed by atoms with E-state index in [2.05, 4.69) is 16.0 Å². The van der Waals surface area contributed by atoms with Crippen LogP contribution in [-0.4, -0.2) is 84.1 Å². The maximum Gasteiger partial charge on any atom is 0.409 e. The van der Waals surface area contributed by atoms with Gasteiger partial charge in [0.25, 0.3) is 0 Å². The standard InChI is InChI=1S/C34H45N5O7/c1-6-45-32(42)28-18-24-19-38(34(44)46-7-2)20-29(24)39(28)31(41)27(16-21(3)4)36-30(40)17-23-12-14-25(15-13-23)35-33(43)37-26-11-9-8-10-22(26)5/h8-15,21,24,27-29H,6-7,16-20H2,1-5H3,(H,36,40)(H2,35,37,43)/t24?,27-,28?,29?/m0/s1. The molecule has 0 radical (unpaired) electrons. The first-order chi connectivity index (χ1) is 22.0. The fraction of sp³-hybridized carbons (Fsp3) is 0.500. The predicted molar refractivity (Wildman–Crippen MR) is 173 cm³/mol. The highest BCUT2D eigenvalue weighted by Crippen LogP contribution is 2.37. The van der Waals surface area contributed by atoms with Gasteiger partial charge in [0.2, 0.25) is 11.8 Å². The molecule has 0 saturated carbocycles. The molecule has 4 rings (SSSR count). The Morgan fingerprint density at radius 1 is 0.913 bits per heavy atom. The summed E-state index contributed by atoms with van der Waals surface area (Å²) in [4.78, 5) is 68.4. The van der Waals surface area contributed by atoms with Gasteiger partial charge in [-0.05, 0) is 68.9 Å². The molecular formula is C34H45N5O7. The summed E-state index contributed by atoms with van der Waals surface area (Å²) in [5.41, 5.74) is 2.91. The Hall–Kier alpha value is -4.61. The highest BCUT2D eigenvalue weighted by molar-refractivity contribution is 6.00. The summed E-state index contributed by atoms with van der Waals surface area (Å²) < 4.78 is 10.5. The Morgan fingerprint density at radius 3 is 2.26 bits per heavy atom. The number of para-hydroxylation sites is 1. The number of nitrogens with zero attached hydrogens (tertiary/aromatic N) is 2. The number of esters is 1. The van der Waals surface area contributed by atoms with E-state index in [1.807, 2.05) is 45.0 Å². The zero-order valence-electron chi connectivity index (χ0n) is 27.2. The number of hydrogen-bond donors (Lipinski definition) is 3. The normalized spacial score (nSPS) is 19.3. The lowest BCUT2D eigenvalue weighted by Gasteiger charge is -2.33. The molecule has 0 aliphatic carbocycles. The average Bonchev–Trinajstić information content (AvgIpc) is 3.57. The molecule has 3 unspecified atom stereocenters. The van der Waals surface area contributed by atoms with Gasteiger partial charge in [0.05, 0.1) is 25.7 Å². The quantitative estimate of drug-likeness (QED) is 0.312. The Balaban J connectivity index is 1.42. The smallest absolute Gasteiger partial charge is 0.409 e. The molecule has 3 N–H and O–H groups in total. The van der Waals surface area contributed by atoms with Gasteiger partial charge in [-0.15, -0.1) is 0 Å². The molecule has 2 aromatic rings. The van der Waals surface area contributed by atoms with Crippen LogP contribution in [0.5, 0.6) is 0 Å². The van der Waals surface area contributed by atoms with E-state index >= 15 is 0 Å². The van der Waals surface area contributed by atoms with E-state index in [9.17, 15) is 24.0 Å². The number of carbonyl (C=O) groups is 5. The third-order valence-corrected chi connectivity index (χ3v) is 8.27. The molecule has 12 heteroatoms. The van der Waals surface area contributed by atoms with Gasteiger partial charge >= 0.3 is 18.1 Å². The first-order valence-corrected chi connectivity index (χ1v) is 15.9. The Labute approximate surface area is 270 Å². The number of carbonyl (C=O) groups excluding carboxylic acids is 5. The summed E-state index contributed by atoms with van der Waals surface area (Å²) in [5.74, 6) is -1.23. The van der Waals surface area contributed by atoms with Crippen molar-refractivity contribution in [3.05, 3.63) is 59.7 Å². The number of hydrogen-bond acceptors (Lipinski definition) is 7. The van der Waals surface area contributed by atoms with Crippen LogP contribution in [0, 0.1) is 18.8 Å². The zero-order chi connectivity index (χ0) is 33.4. The van der Waals surface area contributed by atoms with Crippen LogP contribution in [0.25, 0.3) is 0 Å². The molecule has 2 saturated heterocycles. The first kappa shape index (κ1) is 34.3. The average molecular weight is 636 g/mol. The van der Waals surface area contributed by atoms with Gasteiger partial charge in [-0.3, -0.25) is 9.59 Å². The van der Waals surface area contributed by atoms with Gasteiger partial charge in [-0.1, -0.05) is 44.2 Å². The second-order valence-electron chi connectivity index (χ2n) is 12.2. The molecule has 2 aromatic carbocycles. The second kappa shape index (κ2) is 15.6. The van der Waals surface area contributed by atoms with Crippen molar-refractivity contribution in [1.29, 1.82) is 0 Å². The lowest BCUT2D eigenvalue weighted by atomic mass is 10.0. The molecule has 5 amide bonds. The molecule has 0 aromatic heterocycles. The van der Waals surface area contributed by atoms with Crippen LogP contribution in [0.1, 0.15) is 51.7 Å². The van der Waals surface area contributed by atoms with Gasteiger partial charge < -0.3 is 35.2 Å².